The van der Waals surface area contributed by atoms with Crippen LogP contribution in [0.2, 0.25) is 0 Å². The van der Waals surface area contributed by atoms with Crippen LogP contribution in [0.3, 0.4) is 0 Å². The Labute approximate surface area is 163 Å². The van der Waals surface area contributed by atoms with Gasteiger partial charge in [-0.15, -0.1) is 11.3 Å². The van der Waals surface area contributed by atoms with E-state index in [9.17, 15) is 4.79 Å². The first kappa shape index (κ1) is 17.9. The van der Waals surface area contributed by atoms with Gasteiger partial charge < -0.3 is 4.74 Å². The SMILES string of the molecule is O=C(COc1cccc2ccccc12)Nc1nc(CN2CCCCC2)cs1. The molecule has 0 bridgehead atoms. The number of hydrogen-bond acceptors (Lipinski definition) is 5. The number of thiazole rings is 1. The fourth-order valence-corrected chi connectivity index (χ4v) is 4.12. The van der Waals surface area contributed by atoms with Gasteiger partial charge in [0.25, 0.3) is 5.91 Å². The number of amides is 1. The average Bonchev–Trinajstić information content (AvgIpc) is 3.13. The predicted molar refractivity (Wildman–Crippen MR) is 109 cm³/mol. The fraction of sp³-hybridized carbons (Fsp3) is 0.333. The molecule has 0 atom stereocenters. The van der Waals surface area contributed by atoms with Gasteiger partial charge in [-0.3, -0.25) is 15.0 Å². The fourth-order valence-electron chi connectivity index (χ4n) is 3.40. The van der Waals surface area contributed by atoms with Crippen LogP contribution in [0.25, 0.3) is 10.8 Å². The van der Waals surface area contributed by atoms with E-state index in [1.165, 1.54) is 30.6 Å². The van der Waals surface area contributed by atoms with E-state index < -0.39 is 0 Å². The number of nitrogens with one attached hydrogen (secondary N) is 1. The lowest BCUT2D eigenvalue weighted by Crippen LogP contribution is -2.29. The summed E-state index contributed by atoms with van der Waals surface area (Å²) in [5.41, 5.74) is 1.02. The second-order valence-electron chi connectivity index (χ2n) is 6.79. The lowest BCUT2D eigenvalue weighted by atomic mass is 10.1. The van der Waals surface area contributed by atoms with Gasteiger partial charge in [-0.1, -0.05) is 42.8 Å². The van der Waals surface area contributed by atoms with Crippen LogP contribution in [-0.4, -0.2) is 35.5 Å². The summed E-state index contributed by atoms with van der Waals surface area (Å²) < 4.78 is 5.74. The molecule has 0 aliphatic carbocycles. The highest BCUT2D eigenvalue weighted by molar-refractivity contribution is 7.13. The number of carbonyl (C=O) groups excluding carboxylic acids is 1. The van der Waals surface area contributed by atoms with Crippen LogP contribution >= 0.6 is 11.3 Å². The molecule has 0 radical (unpaired) electrons. The number of fused-ring (bicyclic) bond motifs is 1. The molecule has 0 unspecified atom stereocenters. The Bertz CT molecular complexity index is 913. The van der Waals surface area contributed by atoms with Gasteiger partial charge in [-0.2, -0.15) is 0 Å². The Kier molecular flexibility index (Phi) is 5.65. The number of nitrogens with zero attached hydrogens (tertiary/aromatic N) is 2. The van der Waals surface area contributed by atoms with Crippen LogP contribution in [-0.2, 0) is 11.3 Å². The highest BCUT2D eigenvalue weighted by atomic mass is 32.1. The number of likely N-dealkylation sites (tertiary alicyclic amines) is 1. The van der Waals surface area contributed by atoms with E-state index in [2.05, 4.69) is 15.2 Å². The topological polar surface area (TPSA) is 54.5 Å². The van der Waals surface area contributed by atoms with Gasteiger partial charge in [0.1, 0.15) is 5.75 Å². The zero-order valence-corrected chi connectivity index (χ0v) is 16.0. The van der Waals surface area contributed by atoms with Gasteiger partial charge in [-0.05, 0) is 37.4 Å². The summed E-state index contributed by atoms with van der Waals surface area (Å²) in [6.45, 7) is 3.10. The molecule has 140 valence electrons. The lowest BCUT2D eigenvalue weighted by molar-refractivity contribution is -0.118. The first-order valence-electron chi connectivity index (χ1n) is 9.35. The smallest absolute Gasteiger partial charge is 0.264 e. The minimum Gasteiger partial charge on any atom is -0.483 e. The molecule has 2 aromatic carbocycles. The molecule has 3 aromatic rings. The third-order valence-corrected chi connectivity index (χ3v) is 5.55. The highest BCUT2D eigenvalue weighted by Crippen LogP contribution is 2.25. The van der Waals surface area contributed by atoms with Crippen LogP contribution in [0.1, 0.15) is 25.0 Å². The summed E-state index contributed by atoms with van der Waals surface area (Å²) in [5, 5.41) is 7.60. The van der Waals surface area contributed by atoms with E-state index in [-0.39, 0.29) is 12.5 Å². The number of hydrogen-bond donors (Lipinski definition) is 1. The molecular formula is C21H23N3O2S. The molecule has 4 rings (SSSR count). The number of rotatable bonds is 6. The summed E-state index contributed by atoms with van der Waals surface area (Å²) >= 11 is 1.47. The number of ether oxygens (including phenoxy) is 1. The number of piperidine rings is 1. The molecule has 1 saturated heterocycles. The quantitative estimate of drug-likeness (QED) is 0.692. The third-order valence-electron chi connectivity index (χ3n) is 4.74. The summed E-state index contributed by atoms with van der Waals surface area (Å²) in [6, 6.07) is 13.8. The normalized spacial score (nSPS) is 15.0. The maximum absolute atomic E-state index is 12.2. The van der Waals surface area contributed by atoms with Crippen molar-refractivity contribution >= 4 is 33.1 Å². The van der Waals surface area contributed by atoms with Gasteiger partial charge in [0.2, 0.25) is 0 Å². The summed E-state index contributed by atoms with van der Waals surface area (Å²) in [4.78, 5) is 19.2. The minimum atomic E-state index is -0.193. The van der Waals surface area contributed by atoms with Crippen molar-refractivity contribution < 1.29 is 9.53 Å². The molecule has 1 N–H and O–H groups in total. The zero-order valence-electron chi connectivity index (χ0n) is 15.2. The van der Waals surface area contributed by atoms with Gasteiger partial charge >= 0.3 is 0 Å². The molecule has 1 aliphatic rings. The zero-order chi connectivity index (χ0) is 18.5. The van der Waals surface area contributed by atoms with Gasteiger partial charge in [0, 0.05) is 17.3 Å². The Morgan fingerprint density at radius 2 is 1.93 bits per heavy atom. The van der Waals surface area contributed by atoms with E-state index in [1.54, 1.807) is 0 Å². The van der Waals surface area contributed by atoms with E-state index in [1.807, 2.05) is 47.8 Å². The van der Waals surface area contributed by atoms with E-state index in [0.717, 1.165) is 36.1 Å². The molecule has 2 heterocycles. The molecule has 5 nitrogen and oxygen atoms in total. The van der Waals surface area contributed by atoms with E-state index in [0.29, 0.717) is 10.9 Å². The Balaban J connectivity index is 1.31. The van der Waals surface area contributed by atoms with Crippen molar-refractivity contribution in [2.24, 2.45) is 0 Å². The van der Waals surface area contributed by atoms with E-state index in [4.69, 9.17) is 4.74 Å². The van der Waals surface area contributed by atoms with Gasteiger partial charge in [-0.25, -0.2) is 4.98 Å². The first-order valence-corrected chi connectivity index (χ1v) is 10.2. The van der Waals surface area contributed by atoms with Crippen molar-refractivity contribution in [3.05, 3.63) is 53.5 Å². The molecule has 6 heteroatoms. The van der Waals surface area contributed by atoms with Crippen molar-refractivity contribution in [3.63, 3.8) is 0 Å². The van der Waals surface area contributed by atoms with Crippen molar-refractivity contribution in [1.82, 2.24) is 9.88 Å². The maximum atomic E-state index is 12.2. The largest absolute Gasteiger partial charge is 0.483 e. The number of anilines is 1. The minimum absolute atomic E-state index is 0.0327. The number of aromatic nitrogens is 1. The lowest BCUT2D eigenvalue weighted by Gasteiger charge is -2.25. The Morgan fingerprint density at radius 1 is 1.11 bits per heavy atom. The molecule has 1 aromatic heterocycles. The molecular weight excluding hydrogens is 358 g/mol. The monoisotopic (exact) mass is 381 g/mol. The molecule has 0 saturated carbocycles. The number of carbonyl (C=O) groups is 1. The van der Waals surface area contributed by atoms with Crippen molar-refractivity contribution in [3.8, 4) is 5.75 Å². The molecule has 1 fully saturated rings. The second-order valence-corrected chi connectivity index (χ2v) is 7.65. The Hall–Kier alpha value is -2.44. The second kappa shape index (κ2) is 8.50. The van der Waals surface area contributed by atoms with Crippen molar-refractivity contribution in [2.45, 2.75) is 25.8 Å². The van der Waals surface area contributed by atoms with Crippen LogP contribution in [0.4, 0.5) is 5.13 Å². The molecule has 1 amide bonds. The van der Waals surface area contributed by atoms with Gasteiger partial charge in [0.05, 0.1) is 5.69 Å². The molecule has 1 aliphatic heterocycles. The standard InChI is InChI=1S/C21H23N3O2S/c25-20(14-26-19-10-6-8-16-7-2-3-9-18(16)19)23-21-22-17(15-27-21)13-24-11-4-1-5-12-24/h2-3,6-10,15H,1,4-5,11-14H2,(H,22,23,25). The van der Waals surface area contributed by atoms with Crippen molar-refractivity contribution in [1.29, 1.82) is 0 Å². The third kappa shape index (κ3) is 4.64. The highest BCUT2D eigenvalue weighted by Gasteiger charge is 2.13. The van der Waals surface area contributed by atoms with Gasteiger partial charge in [0.15, 0.2) is 11.7 Å². The van der Waals surface area contributed by atoms with E-state index >= 15 is 0 Å². The maximum Gasteiger partial charge on any atom is 0.264 e. The van der Waals surface area contributed by atoms with Crippen LogP contribution in [0.15, 0.2) is 47.8 Å². The van der Waals surface area contributed by atoms with Crippen LogP contribution < -0.4 is 10.1 Å². The summed E-state index contributed by atoms with van der Waals surface area (Å²) in [6.07, 6.45) is 3.85. The van der Waals surface area contributed by atoms with Crippen LogP contribution in [0, 0.1) is 0 Å². The first-order chi connectivity index (χ1) is 13.3. The summed E-state index contributed by atoms with van der Waals surface area (Å²) in [5.74, 6) is 0.523. The average molecular weight is 382 g/mol. The van der Waals surface area contributed by atoms with Crippen LogP contribution in [0.5, 0.6) is 5.75 Å². The predicted octanol–water partition coefficient (Wildman–Crippen LogP) is 4.30. The molecule has 27 heavy (non-hydrogen) atoms. The molecule has 0 spiro atoms. The number of benzene rings is 2. The summed E-state index contributed by atoms with van der Waals surface area (Å²) in [7, 11) is 0. The Morgan fingerprint density at radius 3 is 2.81 bits per heavy atom. The van der Waals surface area contributed by atoms with Crippen molar-refractivity contribution in [2.75, 3.05) is 25.0 Å².